The molecule has 1 heterocycles. The predicted octanol–water partition coefficient (Wildman–Crippen LogP) is 2.67. The van der Waals surface area contributed by atoms with Crippen LogP contribution in [0.4, 0.5) is 0 Å². The molecule has 0 amide bonds. The van der Waals surface area contributed by atoms with Gasteiger partial charge in [-0.25, -0.2) is 0 Å². The first-order chi connectivity index (χ1) is 6.81. The lowest BCUT2D eigenvalue weighted by atomic mass is 10.1. The highest BCUT2D eigenvalue weighted by Crippen LogP contribution is 2.29. The molecule has 0 bridgehead atoms. The van der Waals surface area contributed by atoms with E-state index in [1.807, 2.05) is 19.9 Å². The summed E-state index contributed by atoms with van der Waals surface area (Å²) in [5, 5.41) is 0. The van der Waals surface area contributed by atoms with Crippen LogP contribution >= 0.6 is 0 Å². The second-order valence-electron chi connectivity index (χ2n) is 3.27. The summed E-state index contributed by atoms with van der Waals surface area (Å²) >= 11 is 0. The van der Waals surface area contributed by atoms with Crippen molar-refractivity contribution in [2.75, 3.05) is 14.2 Å². The lowest BCUT2D eigenvalue weighted by molar-refractivity contribution is 0.346. The van der Waals surface area contributed by atoms with Crippen molar-refractivity contribution in [1.82, 2.24) is 4.90 Å². The van der Waals surface area contributed by atoms with E-state index >= 15 is 0 Å². The first-order valence-corrected chi connectivity index (χ1v) is 5.14. The Hall–Kier alpha value is -1.02. The summed E-state index contributed by atoms with van der Waals surface area (Å²) < 4.78 is 5.28. The monoisotopic (exact) mass is 193 g/mol. The van der Waals surface area contributed by atoms with Crippen LogP contribution in [-0.2, 0) is 13.1 Å². The van der Waals surface area contributed by atoms with E-state index in [1.165, 1.54) is 11.1 Å². The zero-order chi connectivity index (χ0) is 10.6. The second-order valence-corrected chi connectivity index (χ2v) is 3.27. The Kier molecular flexibility index (Phi) is 3.96. The van der Waals surface area contributed by atoms with Crippen LogP contribution in [0.2, 0.25) is 0 Å². The molecule has 14 heavy (non-hydrogen) atoms. The Morgan fingerprint density at radius 3 is 2.57 bits per heavy atom. The first kappa shape index (κ1) is 11.1. The average molecular weight is 193 g/mol. The van der Waals surface area contributed by atoms with Crippen LogP contribution in [0.15, 0.2) is 18.2 Å². The van der Waals surface area contributed by atoms with E-state index in [2.05, 4.69) is 24.1 Å². The third-order valence-electron chi connectivity index (χ3n) is 2.32. The number of hydrogen-bond donors (Lipinski definition) is 0. The van der Waals surface area contributed by atoms with E-state index in [-0.39, 0.29) is 0 Å². The number of ether oxygens (including phenoxy) is 1. The Morgan fingerprint density at radius 2 is 1.93 bits per heavy atom. The zero-order valence-electron chi connectivity index (χ0n) is 9.50. The van der Waals surface area contributed by atoms with Gasteiger partial charge in [0.1, 0.15) is 5.75 Å². The van der Waals surface area contributed by atoms with Crippen molar-refractivity contribution in [2.24, 2.45) is 0 Å². The summed E-state index contributed by atoms with van der Waals surface area (Å²) in [6.45, 7) is 6.06. The largest absolute Gasteiger partial charge is 0.496 e. The molecule has 1 aromatic rings. The van der Waals surface area contributed by atoms with Gasteiger partial charge in [0, 0.05) is 18.7 Å². The molecule has 0 radical (unpaired) electrons. The molecule has 1 aliphatic heterocycles. The number of methoxy groups -OCH3 is 1. The van der Waals surface area contributed by atoms with Gasteiger partial charge >= 0.3 is 0 Å². The molecule has 0 saturated heterocycles. The fourth-order valence-electron chi connectivity index (χ4n) is 1.75. The Morgan fingerprint density at radius 1 is 1.21 bits per heavy atom. The lowest BCUT2D eigenvalue weighted by Gasteiger charge is -2.05. The molecule has 1 aliphatic rings. The van der Waals surface area contributed by atoms with Crippen molar-refractivity contribution < 1.29 is 4.74 Å². The molecule has 0 aliphatic carbocycles. The van der Waals surface area contributed by atoms with Crippen molar-refractivity contribution >= 4 is 0 Å². The van der Waals surface area contributed by atoms with E-state index in [4.69, 9.17) is 4.74 Å². The molecule has 0 unspecified atom stereocenters. The van der Waals surface area contributed by atoms with Gasteiger partial charge in [-0.3, -0.25) is 4.90 Å². The summed E-state index contributed by atoms with van der Waals surface area (Å²) in [4.78, 5) is 2.28. The molecular formula is C12H19NO. The summed E-state index contributed by atoms with van der Waals surface area (Å²) in [6, 6.07) is 6.25. The summed E-state index contributed by atoms with van der Waals surface area (Å²) in [5.41, 5.74) is 2.75. The minimum atomic E-state index is 1.01. The van der Waals surface area contributed by atoms with Crippen LogP contribution in [-0.4, -0.2) is 19.1 Å². The van der Waals surface area contributed by atoms with Gasteiger partial charge in [-0.2, -0.15) is 0 Å². The van der Waals surface area contributed by atoms with Crippen molar-refractivity contribution in [1.29, 1.82) is 0 Å². The molecule has 0 aromatic heterocycles. The molecule has 2 rings (SSSR count). The smallest absolute Gasteiger partial charge is 0.123 e. The standard InChI is InChI=1S/C10H13NO.C2H6/c1-11-6-8-4-3-5-10(12-2)9(8)7-11;1-2/h3-5H,6-7H2,1-2H3;1-2H3. The number of fused-ring (bicyclic) bond motifs is 1. The highest BCUT2D eigenvalue weighted by Gasteiger charge is 2.18. The van der Waals surface area contributed by atoms with E-state index in [1.54, 1.807) is 7.11 Å². The maximum absolute atomic E-state index is 5.28. The van der Waals surface area contributed by atoms with Gasteiger partial charge in [-0.15, -0.1) is 0 Å². The van der Waals surface area contributed by atoms with E-state index in [9.17, 15) is 0 Å². The third-order valence-corrected chi connectivity index (χ3v) is 2.32. The number of benzene rings is 1. The van der Waals surface area contributed by atoms with Crippen molar-refractivity contribution in [3.8, 4) is 5.75 Å². The van der Waals surface area contributed by atoms with Gasteiger partial charge in [-0.05, 0) is 18.7 Å². The second kappa shape index (κ2) is 5.01. The molecular weight excluding hydrogens is 174 g/mol. The minimum Gasteiger partial charge on any atom is -0.496 e. The van der Waals surface area contributed by atoms with Crippen molar-refractivity contribution in [3.63, 3.8) is 0 Å². The summed E-state index contributed by atoms with van der Waals surface area (Å²) in [5.74, 6) is 1.02. The number of rotatable bonds is 1. The van der Waals surface area contributed by atoms with Crippen LogP contribution in [0, 0.1) is 0 Å². The van der Waals surface area contributed by atoms with Gasteiger partial charge in [0.2, 0.25) is 0 Å². The zero-order valence-corrected chi connectivity index (χ0v) is 9.50. The Bertz CT molecular complexity index is 296. The van der Waals surface area contributed by atoms with Gasteiger partial charge in [0.05, 0.1) is 7.11 Å². The maximum Gasteiger partial charge on any atom is 0.123 e. The number of nitrogens with zero attached hydrogens (tertiary/aromatic N) is 1. The van der Waals surface area contributed by atoms with Gasteiger partial charge in [-0.1, -0.05) is 26.0 Å². The van der Waals surface area contributed by atoms with Crippen LogP contribution in [0.3, 0.4) is 0 Å². The molecule has 0 fully saturated rings. The third kappa shape index (κ3) is 2.07. The molecule has 0 saturated carbocycles. The predicted molar refractivity (Wildman–Crippen MR) is 59.5 cm³/mol. The van der Waals surface area contributed by atoms with Crippen LogP contribution in [0.1, 0.15) is 25.0 Å². The topological polar surface area (TPSA) is 12.5 Å². The first-order valence-electron chi connectivity index (χ1n) is 5.14. The summed E-state index contributed by atoms with van der Waals surface area (Å²) in [7, 11) is 3.85. The van der Waals surface area contributed by atoms with Crippen molar-refractivity contribution in [2.45, 2.75) is 26.9 Å². The quantitative estimate of drug-likeness (QED) is 0.680. The molecule has 1 aromatic carbocycles. The highest BCUT2D eigenvalue weighted by molar-refractivity contribution is 5.42. The normalized spacial score (nSPS) is 14.3. The van der Waals surface area contributed by atoms with Gasteiger partial charge < -0.3 is 4.74 Å². The van der Waals surface area contributed by atoms with E-state index in [0.717, 1.165) is 18.8 Å². The van der Waals surface area contributed by atoms with Crippen molar-refractivity contribution in [3.05, 3.63) is 29.3 Å². The van der Waals surface area contributed by atoms with Crippen LogP contribution in [0.5, 0.6) is 5.75 Å². The van der Waals surface area contributed by atoms with E-state index in [0.29, 0.717) is 0 Å². The minimum absolute atomic E-state index is 1.01. The molecule has 2 nitrogen and oxygen atoms in total. The molecule has 0 atom stereocenters. The average Bonchev–Trinajstić information content (AvgIpc) is 2.60. The number of hydrogen-bond acceptors (Lipinski definition) is 2. The summed E-state index contributed by atoms with van der Waals surface area (Å²) in [6.07, 6.45) is 0. The fourth-order valence-corrected chi connectivity index (χ4v) is 1.75. The molecule has 0 N–H and O–H groups in total. The molecule has 78 valence electrons. The Balaban J connectivity index is 0.000000461. The lowest BCUT2D eigenvalue weighted by Crippen LogP contribution is -2.07. The van der Waals surface area contributed by atoms with E-state index < -0.39 is 0 Å². The molecule has 2 heteroatoms. The molecule has 0 spiro atoms. The van der Waals surface area contributed by atoms with Gasteiger partial charge in [0.25, 0.3) is 0 Å². The fraction of sp³-hybridized carbons (Fsp3) is 0.500. The Labute approximate surface area is 86.5 Å². The highest BCUT2D eigenvalue weighted by atomic mass is 16.5. The van der Waals surface area contributed by atoms with Gasteiger partial charge in [0.15, 0.2) is 0 Å². The van der Waals surface area contributed by atoms with Crippen LogP contribution < -0.4 is 4.74 Å². The maximum atomic E-state index is 5.28. The van der Waals surface area contributed by atoms with Crippen LogP contribution in [0.25, 0.3) is 0 Å². The SMILES string of the molecule is CC.COc1cccc2c1CN(C)C2.